The van der Waals surface area contributed by atoms with Crippen molar-refractivity contribution >= 4 is 0 Å². The summed E-state index contributed by atoms with van der Waals surface area (Å²) in [6.45, 7) is 1.84. The third-order valence-electron chi connectivity index (χ3n) is 3.22. The maximum atomic E-state index is 5.23. The summed E-state index contributed by atoms with van der Waals surface area (Å²) in [7, 11) is 1.67. The molecule has 0 saturated heterocycles. The monoisotopic (exact) mass is 265 g/mol. The van der Waals surface area contributed by atoms with Gasteiger partial charge in [-0.2, -0.15) is 0 Å². The highest BCUT2D eigenvalue weighted by atomic mass is 16.5. The van der Waals surface area contributed by atoms with Gasteiger partial charge in [-0.25, -0.2) is 4.98 Å². The average molecular weight is 265 g/mol. The van der Waals surface area contributed by atoms with Crippen LogP contribution in [0.1, 0.15) is 5.89 Å². The molecule has 20 heavy (non-hydrogen) atoms. The quantitative estimate of drug-likeness (QED) is 0.707. The second kappa shape index (κ2) is 5.21. The van der Waals surface area contributed by atoms with Crippen LogP contribution in [0.3, 0.4) is 0 Å². The molecule has 0 spiro atoms. The zero-order chi connectivity index (χ0) is 13.9. The van der Waals surface area contributed by atoms with Gasteiger partial charge in [0.15, 0.2) is 5.89 Å². The Morgan fingerprint density at radius 3 is 1.90 bits per heavy atom. The van der Waals surface area contributed by atoms with Crippen LogP contribution in [0.2, 0.25) is 0 Å². The van der Waals surface area contributed by atoms with Crippen LogP contribution in [0.5, 0.6) is 5.75 Å². The van der Waals surface area contributed by atoms with E-state index in [1.807, 2.05) is 31.2 Å². The van der Waals surface area contributed by atoms with E-state index in [1.54, 1.807) is 13.4 Å². The number of rotatable bonds is 3. The summed E-state index contributed by atoms with van der Waals surface area (Å²) in [5, 5.41) is 0. The number of hydrogen-bond donors (Lipinski definition) is 0. The minimum absolute atomic E-state index is 0.680. The average Bonchev–Trinajstić information content (AvgIpc) is 2.94. The fraction of sp³-hybridized carbons (Fsp3) is 0.118. The highest BCUT2D eigenvalue weighted by Crippen LogP contribution is 2.25. The van der Waals surface area contributed by atoms with Gasteiger partial charge in [0.25, 0.3) is 0 Å². The van der Waals surface area contributed by atoms with Crippen LogP contribution in [0, 0.1) is 6.92 Å². The predicted octanol–water partition coefficient (Wildman–Crippen LogP) is 4.33. The first-order chi connectivity index (χ1) is 9.76. The lowest BCUT2D eigenvalue weighted by atomic mass is 10.0. The van der Waals surface area contributed by atoms with E-state index in [0.29, 0.717) is 5.89 Å². The largest absolute Gasteiger partial charge is 0.497 e. The number of aryl methyl sites for hydroxylation is 1. The SMILES string of the molecule is COc1ccc(-c2ccc(-c3coc(C)n3)cc2)cc1. The van der Waals surface area contributed by atoms with Crippen molar-refractivity contribution in [1.82, 2.24) is 4.98 Å². The highest BCUT2D eigenvalue weighted by Gasteiger charge is 2.04. The standard InChI is InChI=1S/C17H15NO2/c1-12-18-17(11-20-12)15-5-3-13(4-6-15)14-7-9-16(19-2)10-8-14/h3-11H,1-2H3. The van der Waals surface area contributed by atoms with Gasteiger partial charge in [-0.05, 0) is 23.3 Å². The summed E-state index contributed by atoms with van der Waals surface area (Å²) in [5.74, 6) is 1.54. The molecule has 0 aliphatic carbocycles. The van der Waals surface area contributed by atoms with Gasteiger partial charge >= 0.3 is 0 Å². The van der Waals surface area contributed by atoms with E-state index in [4.69, 9.17) is 9.15 Å². The van der Waals surface area contributed by atoms with E-state index in [1.165, 1.54) is 0 Å². The molecule has 0 amide bonds. The zero-order valence-corrected chi connectivity index (χ0v) is 11.5. The van der Waals surface area contributed by atoms with Crippen LogP contribution in [0.25, 0.3) is 22.4 Å². The van der Waals surface area contributed by atoms with Gasteiger partial charge in [0, 0.05) is 12.5 Å². The minimum atomic E-state index is 0.680. The van der Waals surface area contributed by atoms with Gasteiger partial charge in [-0.3, -0.25) is 0 Å². The third-order valence-corrected chi connectivity index (χ3v) is 3.22. The van der Waals surface area contributed by atoms with E-state index in [2.05, 4.69) is 29.2 Å². The van der Waals surface area contributed by atoms with Crippen molar-refractivity contribution in [3.8, 4) is 28.1 Å². The molecule has 3 aromatic rings. The molecule has 0 aliphatic heterocycles. The van der Waals surface area contributed by atoms with Crippen LogP contribution >= 0.6 is 0 Å². The zero-order valence-electron chi connectivity index (χ0n) is 11.5. The number of ether oxygens (including phenoxy) is 1. The second-order valence-electron chi connectivity index (χ2n) is 4.56. The first kappa shape index (κ1) is 12.5. The van der Waals surface area contributed by atoms with Gasteiger partial charge in [-0.1, -0.05) is 36.4 Å². The Bertz CT molecular complexity index is 697. The molecular weight excluding hydrogens is 250 g/mol. The topological polar surface area (TPSA) is 35.3 Å². The summed E-state index contributed by atoms with van der Waals surface area (Å²) in [6, 6.07) is 16.3. The van der Waals surface area contributed by atoms with E-state index in [0.717, 1.165) is 28.1 Å². The molecule has 3 heteroatoms. The molecule has 100 valence electrons. The molecule has 0 unspecified atom stereocenters. The molecular formula is C17H15NO2. The van der Waals surface area contributed by atoms with E-state index in [9.17, 15) is 0 Å². The van der Waals surface area contributed by atoms with Gasteiger partial charge in [0.1, 0.15) is 17.7 Å². The van der Waals surface area contributed by atoms with Crippen molar-refractivity contribution in [2.45, 2.75) is 6.92 Å². The van der Waals surface area contributed by atoms with Crippen LogP contribution in [0.15, 0.2) is 59.2 Å². The lowest BCUT2D eigenvalue weighted by Crippen LogP contribution is -1.83. The normalized spacial score (nSPS) is 10.5. The van der Waals surface area contributed by atoms with Gasteiger partial charge in [0.05, 0.1) is 7.11 Å². The minimum Gasteiger partial charge on any atom is -0.497 e. The van der Waals surface area contributed by atoms with E-state index in [-0.39, 0.29) is 0 Å². The molecule has 0 bridgehead atoms. The summed E-state index contributed by atoms with van der Waals surface area (Å²) in [4.78, 5) is 4.32. The maximum absolute atomic E-state index is 5.23. The number of oxazole rings is 1. The second-order valence-corrected chi connectivity index (χ2v) is 4.56. The van der Waals surface area contributed by atoms with E-state index < -0.39 is 0 Å². The van der Waals surface area contributed by atoms with E-state index >= 15 is 0 Å². The van der Waals surface area contributed by atoms with Crippen LogP contribution in [-0.2, 0) is 0 Å². The molecule has 0 saturated carbocycles. The molecule has 0 atom stereocenters. The molecule has 0 radical (unpaired) electrons. The van der Waals surface area contributed by atoms with Crippen molar-refractivity contribution in [3.05, 3.63) is 60.7 Å². The molecule has 1 aromatic heterocycles. The van der Waals surface area contributed by atoms with Gasteiger partial charge in [-0.15, -0.1) is 0 Å². The first-order valence-corrected chi connectivity index (χ1v) is 6.43. The predicted molar refractivity (Wildman–Crippen MR) is 78.7 cm³/mol. The molecule has 0 fully saturated rings. The number of hydrogen-bond acceptors (Lipinski definition) is 3. The van der Waals surface area contributed by atoms with Crippen molar-refractivity contribution in [3.63, 3.8) is 0 Å². The van der Waals surface area contributed by atoms with Crippen molar-refractivity contribution < 1.29 is 9.15 Å². The van der Waals surface area contributed by atoms with Gasteiger partial charge in [0.2, 0.25) is 0 Å². The lowest BCUT2D eigenvalue weighted by Gasteiger charge is -2.04. The highest BCUT2D eigenvalue weighted by molar-refractivity contribution is 5.68. The molecule has 2 aromatic carbocycles. The van der Waals surface area contributed by atoms with Crippen LogP contribution in [0.4, 0.5) is 0 Å². The van der Waals surface area contributed by atoms with Crippen molar-refractivity contribution in [2.24, 2.45) is 0 Å². The number of aromatic nitrogens is 1. The Labute approximate surface area is 117 Å². The first-order valence-electron chi connectivity index (χ1n) is 6.43. The molecule has 1 heterocycles. The Hall–Kier alpha value is -2.55. The summed E-state index contributed by atoms with van der Waals surface area (Å²) in [6.07, 6.45) is 1.68. The Kier molecular flexibility index (Phi) is 3.25. The molecule has 3 rings (SSSR count). The third kappa shape index (κ3) is 2.43. The summed E-state index contributed by atoms with van der Waals surface area (Å²) >= 11 is 0. The number of benzene rings is 2. The van der Waals surface area contributed by atoms with Crippen LogP contribution < -0.4 is 4.74 Å². The lowest BCUT2D eigenvalue weighted by molar-refractivity contribution is 0.415. The molecule has 0 aliphatic rings. The maximum Gasteiger partial charge on any atom is 0.191 e. The summed E-state index contributed by atoms with van der Waals surface area (Å²) in [5.41, 5.74) is 4.24. The summed E-state index contributed by atoms with van der Waals surface area (Å²) < 4.78 is 10.4. The van der Waals surface area contributed by atoms with Crippen molar-refractivity contribution in [2.75, 3.05) is 7.11 Å². The number of methoxy groups -OCH3 is 1. The Morgan fingerprint density at radius 2 is 1.40 bits per heavy atom. The fourth-order valence-corrected chi connectivity index (χ4v) is 2.11. The number of nitrogens with zero attached hydrogens (tertiary/aromatic N) is 1. The Morgan fingerprint density at radius 1 is 0.850 bits per heavy atom. The molecule has 0 N–H and O–H groups in total. The van der Waals surface area contributed by atoms with Crippen LogP contribution in [-0.4, -0.2) is 12.1 Å². The fourth-order valence-electron chi connectivity index (χ4n) is 2.11. The van der Waals surface area contributed by atoms with Gasteiger partial charge < -0.3 is 9.15 Å². The van der Waals surface area contributed by atoms with Crippen molar-refractivity contribution in [1.29, 1.82) is 0 Å². The Balaban J connectivity index is 1.88. The molecule has 3 nitrogen and oxygen atoms in total. The smallest absolute Gasteiger partial charge is 0.191 e.